The summed E-state index contributed by atoms with van der Waals surface area (Å²) in [6.07, 6.45) is -17.6. The van der Waals surface area contributed by atoms with Gasteiger partial charge in [0.1, 0.15) is 55.1 Å². The van der Waals surface area contributed by atoms with Crippen molar-refractivity contribution >= 4 is 52.2 Å². The van der Waals surface area contributed by atoms with Gasteiger partial charge >= 0.3 is 5.97 Å². The van der Waals surface area contributed by atoms with E-state index in [1.807, 2.05) is 38.1 Å². The number of amides is 1. The van der Waals surface area contributed by atoms with Crippen LogP contribution in [0.25, 0.3) is 6.08 Å². The fraction of sp³-hybridized carbons (Fsp3) is 0.585. The van der Waals surface area contributed by atoms with Crippen molar-refractivity contribution in [2.45, 2.75) is 119 Å². The Morgan fingerprint density at radius 1 is 0.952 bits per heavy atom. The van der Waals surface area contributed by atoms with Crippen LogP contribution in [0.5, 0.6) is 5.75 Å². The first kappa shape index (κ1) is 48.2. The van der Waals surface area contributed by atoms with Gasteiger partial charge in [0.15, 0.2) is 30.1 Å². The highest BCUT2D eigenvalue weighted by Crippen LogP contribution is 2.39. The lowest BCUT2D eigenvalue weighted by Crippen LogP contribution is -2.58. The fourth-order valence-corrected chi connectivity index (χ4v) is 8.59. The molecular weight excluding hydrogens is 860 g/mol. The van der Waals surface area contributed by atoms with Gasteiger partial charge in [-0.3, -0.25) is 14.7 Å². The SMILES string of the molecule is CCCN=C1S/C(=C\c2ccc(OC[C@H](O)CO[C@H]3O[C@@H](O)[C@H](O)C[C@H]3O[C@H]3C[C@@H](CCOC(=O)C4O[C@H](O)[C@@H](O)[C@H]4O)[C@@H](O)[C@H](O)[C@@H]3O)c(Cl)c2)C(=O)N1c1ccccc1C. The summed E-state index contributed by atoms with van der Waals surface area (Å²) in [6.45, 7) is 3.45. The number of aliphatic imine (C=N–C) groups is 1. The van der Waals surface area contributed by atoms with Crippen molar-refractivity contribution in [3.8, 4) is 5.75 Å². The number of para-hydroxylation sites is 1. The monoisotopic (exact) mass is 912 g/mol. The Balaban J connectivity index is 1.02. The first-order chi connectivity index (χ1) is 29.6. The van der Waals surface area contributed by atoms with Crippen molar-refractivity contribution in [3.05, 3.63) is 63.5 Å². The summed E-state index contributed by atoms with van der Waals surface area (Å²) < 4.78 is 32.9. The highest BCUT2D eigenvalue weighted by Gasteiger charge is 2.48. The van der Waals surface area contributed by atoms with E-state index in [-0.39, 0.29) is 49.2 Å². The molecule has 0 bridgehead atoms. The summed E-state index contributed by atoms with van der Waals surface area (Å²) in [6, 6.07) is 12.5. The standard InChI is InChI=1S/C41H53ClN2O17S/c1-3-11-43-41-44(24-7-5-4-6-19(24)2)36(52)29(62-41)14-20-8-9-26(23(42)13-20)57-17-22(45)18-58-40-28(16-25(46)37(53)61-40)59-27-15-21(30(47)32(49)31(27)48)10-12-56-39(55)35-33(50)34(51)38(54)60-35/h4-9,13-14,21-22,25,27-28,30-35,37-38,40,45-51,53-54H,3,10-12,15-18H2,1-2H3/b29-14-,43-41?/t21-,22+,25-,27+,28-,30-,31-,32+,33-,34+,35?,37-,38+,40+/m1/s1. The van der Waals surface area contributed by atoms with E-state index in [0.29, 0.717) is 22.2 Å². The van der Waals surface area contributed by atoms with Gasteiger partial charge < -0.3 is 74.4 Å². The van der Waals surface area contributed by atoms with Crippen LogP contribution < -0.4 is 9.64 Å². The molecule has 4 aliphatic rings. The molecule has 1 unspecified atom stereocenters. The second kappa shape index (κ2) is 21.6. The Bertz CT molecular complexity index is 1930. The summed E-state index contributed by atoms with van der Waals surface area (Å²) in [4.78, 5) is 32.7. The van der Waals surface area contributed by atoms with Crippen LogP contribution >= 0.6 is 23.4 Å². The zero-order valence-corrected chi connectivity index (χ0v) is 35.4. The molecule has 0 aromatic heterocycles. The Morgan fingerprint density at radius 3 is 2.40 bits per heavy atom. The second-order valence-corrected chi connectivity index (χ2v) is 16.9. The maximum Gasteiger partial charge on any atom is 0.338 e. The quantitative estimate of drug-likeness (QED) is 0.0788. The molecule has 2 aromatic rings. The van der Waals surface area contributed by atoms with Crippen molar-refractivity contribution < 1.29 is 84.0 Å². The van der Waals surface area contributed by atoms with Crippen LogP contribution in [0.15, 0.2) is 52.4 Å². The van der Waals surface area contributed by atoms with Gasteiger partial charge in [-0.15, -0.1) is 0 Å². The third-order valence-electron chi connectivity index (χ3n) is 10.8. The first-order valence-corrected chi connectivity index (χ1v) is 21.4. The molecule has 3 aliphatic heterocycles. The molecule has 3 saturated heterocycles. The minimum absolute atomic E-state index is 0.0508. The van der Waals surface area contributed by atoms with Gasteiger partial charge in [-0.1, -0.05) is 42.8 Å². The molecule has 3 heterocycles. The van der Waals surface area contributed by atoms with E-state index in [1.54, 1.807) is 29.2 Å². The molecule has 0 radical (unpaired) electrons. The maximum atomic E-state index is 13.6. The number of ether oxygens (including phenoxy) is 6. The number of benzene rings is 2. The van der Waals surface area contributed by atoms with Gasteiger partial charge in [0, 0.05) is 13.0 Å². The molecule has 342 valence electrons. The number of carbonyl (C=O) groups excluding carboxylic acids is 2. The van der Waals surface area contributed by atoms with Crippen molar-refractivity contribution in [1.82, 2.24) is 0 Å². The number of amidine groups is 1. The lowest BCUT2D eigenvalue weighted by molar-refractivity contribution is -0.334. The minimum atomic E-state index is -1.79. The number of halogens is 1. The Hall–Kier alpha value is -3.29. The van der Waals surface area contributed by atoms with E-state index in [9.17, 15) is 55.5 Å². The number of hydrogen-bond acceptors (Lipinski definition) is 19. The molecule has 19 nitrogen and oxygen atoms in total. The number of nitrogens with zero attached hydrogens (tertiary/aromatic N) is 2. The van der Waals surface area contributed by atoms with Crippen LogP contribution in [0.2, 0.25) is 5.02 Å². The fourth-order valence-electron chi connectivity index (χ4n) is 7.35. The lowest BCUT2D eigenvalue weighted by atomic mass is 9.79. The van der Waals surface area contributed by atoms with Crippen LogP contribution in [-0.4, -0.2) is 169 Å². The topological polar surface area (TPSA) is 287 Å². The highest BCUT2D eigenvalue weighted by atomic mass is 35.5. The largest absolute Gasteiger partial charge is 0.489 e. The van der Waals surface area contributed by atoms with E-state index in [2.05, 4.69) is 4.99 Å². The Labute approximate surface area is 366 Å². The molecule has 0 spiro atoms. The van der Waals surface area contributed by atoms with E-state index in [4.69, 9.17) is 40.0 Å². The van der Waals surface area contributed by atoms with Crippen molar-refractivity contribution in [3.63, 3.8) is 0 Å². The number of esters is 1. The molecule has 1 amide bonds. The number of anilines is 1. The maximum absolute atomic E-state index is 13.6. The van der Waals surface area contributed by atoms with E-state index in [1.165, 1.54) is 11.8 Å². The van der Waals surface area contributed by atoms with Gasteiger partial charge in [0.2, 0.25) is 0 Å². The highest BCUT2D eigenvalue weighted by molar-refractivity contribution is 8.19. The predicted molar refractivity (Wildman–Crippen MR) is 220 cm³/mol. The second-order valence-electron chi connectivity index (χ2n) is 15.5. The summed E-state index contributed by atoms with van der Waals surface area (Å²) in [5.41, 5.74) is 2.30. The molecule has 62 heavy (non-hydrogen) atoms. The minimum Gasteiger partial charge on any atom is -0.489 e. The Kier molecular flexibility index (Phi) is 16.8. The number of carbonyl (C=O) groups is 2. The third-order valence-corrected chi connectivity index (χ3v) is 12.1. The molecule has 2 aromatic carbocycles. The average molecular weight is 913 g/mol. The van der Waals surface area contributed by atoms with Crippen LogP contribution in [0, 0.1) is 12.8 Å². The zero-order chi connectivity index (χ0) is 44.8. The smallest absolute Gasteiger partial charge is 0.338 e. The first-order valence-electron chi connectivity index (χ1n) is 20.2. The number of rotatable bonds is 16. The van der Waals surface area contributed by atoms with Crippen LogP contribution in [0.1, 0.15) is 43.7 Å². The molecule has 4 fully saturated rings. The molecular formula is C41H53ClN2O17S. The van der Waals surface area contributed by atoms with Gasteiger partial charge in [-0.25, -0.2) is 4.79 Å². The van der Waals surface area contributed by atoms with Crippen LogP contribution in [0.3, 0.4) is 0 Å². The van der Waals surface area contributed by atoms with Crippen molar-refractivity contribution in [2.24, 2.45) is 10.9 Å². The summed E-state index contributed by atoms with van der Waals surface area (Å²) >= 11 is 7.83. The lowest BCUT2D eigenvalue weighted by Gasteiger charge is -2.44. The van der Waals surface area contributed by atoms with Gasteiger partial charge in [-0.2, -0.15) is 0 Å². The zero-order valence-electron chi connectivity index (χ0n) is 33.8. The summed E-state index contributed by atoms with van der Waals surface area (Å²) in [5.74, 6) is -1.86. The normalized spacial score (nSPS) is 34.5. The number of thioether (sulfide) groups is 1. The van der Waals surface area contributed by atoms with Crippen LogP contribution in [0.4, 0.5) is 5.69 Å². The molecule has 21 heteroatoms. The molecule has 14 atom stereocenters. The van der Waals surface area contributed by atoms with E-state index < -0.39 is 98.4 Å². The summed E-state index contributed by atoms with van der Waals surface area (Å²) in [5, 5.41) is 93.4. The van der Waals surface area contributed by atoms with E-state index in [0.717, 1.165) is 17.7 Å². The van der Waals surface area contributed by atoms with Gasteiger partial charge in [-0.05, 0) is 79.3 Å². The van der Waals surface area contributed by atoms with Gasteiger partial charge in [0.25, 0.3) is 5.91 Å². The van der Waals surface area contributed by atoms with Crippen molar-refractivity contribution in [1.29, 1.82) is 0 Å². The van der Waals surface area contributed by atoms with E-state index >= 15 is 0 Å². The number of aliphatic hydroxyl groups excluding tert-OH is 9. The number of aryl methyl sites for hydroxylation is 1. The Morgan fingerprint density at radius 2 is 1.71 bits per heavy atom. The van der Waals surface area contributed by atoms with Crippen molar-refractivity contribution in [2.75, 3.05) is 31.3 Å². The predicted octanol–water partition coefficient (Wildman–Crippen LogP) is -0.0540. The third kappa shape index (κ3) is 11.3. The van der Waals surface area contributed by atoms with Gasteiger partial charge in [0.05, 0.1) is 41.0 Å². The molecule has 1 saturated carbocycles. The molecule has 1 aliphatic carbocycles. The molecule has 6 rings (SSSR count). The summed E-state index contributed by atoms with van der Waals surface area (Å²) in [7, 11) is 0. The number of aliphatic hydroxyl groups is 9. The number of hydrogen-bond donors (Lipinski definition) is 9. The van der Waals surface area contributed by atoms with Crippen LogP contribution in [-0.2, 0) is 33.3 Å². The molecule has 9 N–H and O–H groups in total. The average Bonchev–Trinajstić information content (AvgIpc) is 3.69.